The number of rotatable bonds is 6. The first-order valence-electron chi connectivity index (χ1n) is 9.63. The number of fused-ring (bicyclic) bond motifs is 2. The van der Waals surface area contributed by atoms with Crippen molar-refractivity contribution in [3.63, 3.8) is 0 Å². The molecule has 29 heavy (non-hydrogen) atoms. The Hall–Kier alpha value is -3.55. The fraction of sp³-hybridized carbons (Fsp3) is 0.286. The van der Waals surface area contributed by atoms with Gasteiger partial charge in [0, 0.05) is 0 Å². The average Bonchev–Trinajstić information content (AvgIpc) is 3.17. The maximum absolute atomic E-state index is 12.7. The minimum absolute atomic E-state index is 0.152. The molecular weight excluding hydrogens is 368 g/mol. The molecule has 0 aliphatic heterocycles. The molecule has 2 unspecified atom stereocenters. The van der Waals surface area contributed by atoms with Crippen molar-refractivity contribution in [2.24, 2.45) is 5.92 Å². The molecule has 2 aromatic heterocycles. The number of imidazole rings is 1. The Morgan fingerprint density at radius 1 is 1.14 bits per heavy atom. The molecule has 1 amide bonds. The van der Waals surface area contributed by atoms with Crippen LogP contribution < -0.4 is 10.9 Å². The number of hydrogen-bond acceptors (Lipinski definition) is 5. The summed E-state index contributed by atoms with van der Waals surface area (Å²) >= 11 is 0. The highest BCUT2D eigenvalue weighted by atomic mass is 16.2. The van der Waals surface area contributed by atoms with E-state index in [9.17, 15) is 9.59 Å². The van der Waals surface area contributed by atoms with Crippen molar-refractivity contribution in [2.75, 3.05) is 0 Å². The highest BCUT2D eigenvalue weighted by molar-refractivity contribution is 5.79. The standard InChI is InChI=1S/C21H22N6O2/c1-3-13(2)19(20-22-16-10-6-7-11-17(16)23-20)24-18(28)12-27-21(29)14-8-4-5-9-15(14)25-26-27/h4-11,13,19H,3,12H2,1-2H3,(H,22,23)(H,24,28). The Bertz CT molecular complexity index is 1200. The molecule has 0 fully saturated rings. The van der Waals surface area contributed by atoms with E-state index in [4.69, 9.17) is 0 Å². The van der Waals surface area contributed by atoms with E-state index in [1.165, 1.54) is 0 Å². The van der Waals surface area contributed by atoms with Gasteiger partial charge >= 0.3 is 0 Å². The molecule has 2 N–H and O–H groups in total. The van der Waals surface area contributed by atoms with Crippen molar-refractivity contribution < 1.29 is 4.79 Å². The zero-order chi connectivity index (χ0) is 20.4. The Balaban J connectivity index is 1.59. The first-order valence-corrected chi connectivity index (χ1v) is 9.63. The van der Waals surface area contributed by atoms with E-state index in [0.717, 1.165) is 22.1 Å². The van der Waals surface area contributed by atoms with Crippen LogP contribution in [0.5, 0.6) is 0 Å². The SMILES string of the molecule is CCC(C)C(NC(=O)Cn1nnc2ccccc2c1=O)c1nc2ccccc2[nH]1. The second kappa shape index (κ2) is 7.83. The van der Waals surface area contributed by atoms with E-state index < -0.39 is 0 Å². The number of aromatic nitrogens is 5. The number of nitrogens with one attached hydrogen (secondary N) is 2. The van der Waals surface area contributed by atoms with Crippen molar-refractivity contribution in [1.29, 1.82) is 0 Å². The summed E-state index contributed by atoms with van der Waals surface area (Å²) in [6.45, 7) is 3.91. The van der Waals surface area contributed by atoms with Gasteiger partial charge in [-0.15, -0.1) is 5.10 Å². The van der Waals surface area contributed by atoms with Gasteiger partial charge in [0.15, 0.2) is 0 Å². The fourth-order valence-corrected chi connectivity index (χ4v) is 3.32. The van der Waals surface area contributed by atoms with Crippen molar-refractivity contribution in [2.45, 2.75) is 32.9 Å². The molecule has 0 bridgehead atoms. The molecule has 2 aromatic carbocycles. The van der Waals surface area contributed by atoms with Crippen LogP contribution in [0.2, 0.25) is 0 Å². The molecule has 0 aliphatic rings. The normalized spacial score (nSPS) is 13.4. The number of aromatic amines is 1. The summed E-state index contributed by atoms with van der Waals surface area (Å²) in [5, 5.41) is 11.4. The summed E-state index contributed by atoms with van der Waals surface area (Å²) in [6, 6.07) is 14.4. The molecule has 4 rings (SSSR count). The minimum atomic E-state index is -0.338. The predicted molar refractivity (Wildman–Crippen MR) is 110 cm³/mol. The summed E-state index contributed by atoms with van der Waals surface area (Å²) in [5.74, 6) is 0.534. The molecule has 148 valence electrons. The van der Waals surface area contributed by atoms with Gasteiger partial charge in [0.1, 0.15) is 17.9 Å². The van der Waals surface area contributed by atoms with E-state index in [1.807, 2.05) is 24.3 Å². The van der Waals surface area contributed by atoms with Gasteiger partial charge < -0.3 is 10.3 Å². The van der Waals surface area contributed by atoms with E-state index in [2.05, 4.69) is 39.4 Å². The Morgan fingerprint density at radius 2 is 1.86 bits per heavy atom. The minimum Gasteiger partial charge on any atom is -0.344 e. The van der Waals surface area contributed by atoms with E-state index in [0.29, 0.717) is 16.7 Å². The van der Waals surface area contributed by atoms with Gasteiger partial charge in [0.25, 0.3) is 5.56 Å². The van der Waals surface area contributed by atoms with Gasteiger partial charge in [-0.05, 0) is 30.2 Å². The molecule has 4 aromatic rings. The van der Waals surface area contributed by atoms with Crippen LogP contribution in [0.3, 0.4) is 0 Å². The molecule has 2 heterocycles. The van der Waals surface area contributed by atoms with Gasteiger partial charge in [-0.2, -0.15) is 0 Å². The quantitative estimate of drug-likeness (QED) is 0.526. The molecule has 0 radical (unpaired) electrons. The average molecular weight is 390 g/mol. The molecule has 8 nitrogen and oxygen atoms in total. The zero-order valence-corrected chi connectivity index (χ0v) is 16.3. The number of nitrogens with zero attached hydrogens (tertiary/aromatic N) is 4. The highest BCUT2D eigenvalue weighted by Gasteiger charge is 2.24. The maximum Gasteiger partial charge on any atom is 0.278 e. The third-order valence-corrected chi connectivity index (χ3v) is 5.15. The van der Waals surface area contributed by atoms with Crippen LogP contribution in [0.25, 0.3) is 21.9 Å². The summed E-state index contributed by atoms with van der Waals surface area (Å²) in [6.07, 6.45) is 0.859. The molecule has 0 saturated carbocycles. The summed E-state index contributed by atoms with van der Waals surface area (Å²) in [4.78, 5) is 33.3. The van der Waals surface area contributed by atoms with Gasteiger partial charge in [0.05, 0.1) is 22.5 Å². The zero-order valence-electron chi connectivity index (χ0n) is 16.3. The van der Waals surface area contributed by atoms with Crippen molar-refractivity contribution in [3.05, 3.63) is 64.7 Å². The monoisotopic (exact) mass is 390 g/mol. The van der Waals surface area contributed by atoms with E-state index >= 15 is 0 Å². The number of para-hydroxylation sites is 2. The lowest BCUT2D eigenvalue weighted by atomic mass is 9.98. The maximum atomic E-state index is 12.7. The van der Waals surface area contributed by atoms with Crippen LogP contribution in [0, 0.1) is 5.92 Å². The number of carbonyl (C=O) groups is 1. The van der Waals surface area contributed by atoms with Gasteiger partial charge in [-0.25, -0.2) is 9.67 Å². The van der Waals surface area contributed by atoms with Gasteiger partial charge in [0.2, 0.25) is 5.91 Å². The smallest absolute Gasteiger partial charge is 0.278 e. The fourth-order valence-electron chi connectivity index (χ4n) is 3.32. The second-order valence-electron chi connectivity index (χ2n) is 7.14. The molecule has 2 atom stereocenters. The van der Waals surface area contributed by atoms with Crippen LogP contribution >= 0.6 is 0 Å². The molecule has 0 saturated heterocycles. The van der Waals surface area contributed by atoms with E-state index in [-0.39, 0.29) is 30.0 Å². The third kappa shape index (κ3) is 3.73. The largest absolute Gasteiger partial charge is 0.344 e. The number of carbonyl (C=O) groups excluding carboxylic acids is 1. The van der Waals surface area contributed by atoms with Crippen molar-refractivity contribution in [1.82, 2.24) is 30.3 Å². The number of benzene rings is 2. The van der Waals surface area contributed by atoms with Crippen molar-refractivity contribution in [3.8, 4) is 0 Å². The topological polar surface area (TPSA) is 106 Å². The van der Waals surface area contributed by atoms with E-state index in [1.54, 1.807) is 24.3 Å². The summed E-state index contributed by atoms with van der Waals surface area (Å²) in [7, 11) is 0. The van der Waals surface area contributed by atoms with Crippen LogP contribution in [0.1, 0.15) is 32.1 Å². The molecule has 8 heteroatoms. The first-order chi connectivity index (χ1) is 14.1. The van der Waals surface area contributed by atoms with Gasteiger partial charge in [-0.3, -0.25) is 9.59 Å². The Labute approximate surface area is 167 Å². The summed E-state index contributed by atoms with van der Waals surface area (Å²) in [5.41, 5.74) is 1.94. The van der Waals surface area contributed by atoms with Crippen LogP contribution in [-0.2, 0) is 11.3 Å². The number of H-pyrrole nitrogens is 1. The summed E-state index contributed by atoms with van der Waals surface area (Å²) < 4.78 is 1.09. The van der Waals surface area contributed by atoms with Crippen molar-refractivity contribution >= 4 is 27.8 Å². The van der Waals surface area contributed by atoms with Crippen LogP contribution in [-0.4, -0.2) is 30.9 Å². The first kappa shape index (κ1) is 18.8. The lowest BCUT2D eigenvalue weighted by Gasteiger charge is -2.22. The molecular formula is C21H22N6O2. The molecule has 0 aliphatic carbocycles. The third-order valence-electron chi connectivity index (χ3n) is 5.15. The predicted octanol–water partition coefficient (Wildman–Crippen LogP) is 2.57. The Kier molecular flexibility index (Phi) is 5.07. The Morgan fingerprint density at radius 3 is 2.62 bits per heavy atom. The van der Waals surface area contributed by atoms with Gasteiger partial charge in [-0.1, -0.05) is 49.7 Å². The lowest BCUT2D eigenvalue weighted by molar-refractivity contribution is -0.123. The lowest BCUT2D eigenvalue weighted by Crippen LogP contribution is -2.38. The second-order valence-corrected chi connectivity index (χ2v) is 7.14. The number of amides is 1. The van der Waals surface area contributed by atoms with Crippen LogP contribution in [0.4, 0.5) is 0 Å². The molecule has 0 spiro atoms. The number of hydrogen-bond donors (Lipinski definition) is 2. The highest BCUT2D eigenvalue weighted by Crippen LogP contribution is 2.24. The van der Waals surface area contributed by atoms with Crippen LogP contribution in [0.15, 0.2) is 53.3 Å².